The summed E-state index contributed by atoms with van der Waals surface area (Å²) in [6.45, 7) is 7.62. The van der Waals surface area contributed by atoms with Gasteiger partial charge >= 0.3 is 0 Å². The maximum absolute atomic E-state index is 5.71. The molecule has 0 aliphatic rings. The largest absolute Gasteiger partial charge is 0.497 e. The maximum Gasteiger partial charge on any atom is 0.119 e. The Hall–Kier alpha value is -2.33. The summed E-state index contributed by atoms with van der Waals surface area (Å²) in [5.41, 5.74) is 10.2. The zero-order valence-corrected chi connectivity index (χ0v) is 19.7. The van der Waals surface area contributed by atoms with E-state index in [1.165, 1.54) is 48.7 Å². The van der Waals surface area contributed by atoms with E-state index in [0.717, 1.165) is 40.9 Å². The molecule has 0 amide bonds. The Labute approximate surface area is 187 Å². The van der Waals surface area contributed by atoms with E-state index in [1.807, 2.05) is 6.07 Å². The van der Waals surface area contributed by atoms with Gasteiger partial charge in [-0.05, 0) is 68.5 Å². The number of nitrogens with two attached hydrogens (primary N) is 1. The molecule has 2 aromatic carbocycles. The van der Waals surface area contributed by atoms with E-state index in [-0.39, 0.29) is 0 Å². The van der Waals surface area contributed by atoms with E-state index in [4.69, 9.17) is 15.5 Å². The highest BCUT2D eigenvalue weighted by atomic mass is 16.5. The van der Waals surface area contributed by atoms with Gasteiger partial charge in [0.15, 0.2) is 0 Å². The first-order chi connectivity index (χ1) is 15.1. The third kappa shape index (κ3) is 5.88. The summed E-state index contributed by atoms with van der Waals surface area (Å²) in [7, 11) is 1.72. The van der Waals surface area contributed by atoms with E-state index < -0.39 is 0 Å². The monoisotopic (exact) mass is 421 g/mol. The Morgan fingerprint density at radius 2 is 1.77 bits per heavy atom. The molecule has 0 aliphatic heterocycles. The van der Waals surface area contributed by atoms with Gasteiger partial charge in [0.05, 0.1) is 23.8 Å². The number of hydrogen-bond acceptors (Lipinski definition) is 4. The molecule has 0 spiro atoms. The molecule has 0 saturated heterocycles. The van der Waals surface area contributed by atoms with E-state index in [9.17, 15) is 0 Å². The van der Waals surface area contributed by atoms with Crippen LogP contribution in [-0.4, -0.2) is 24.7 Å². The zero-order chi connectivity index (χ0) is 22.2. The minimum Gasteiger partial charge on any atom is -0.497 e. The molecule has 0 radical (unpaired) electrons. The van der Waals surface area contributed by atoms with Crippen LogP contribution >= 0.6 is 0 Å². The highest BCUT2D eigenvalue weighted by Crippen LogP contribution is 2.34. The van der Waals surface area contributed by atoms with Crippen molar-refractivity contribution in [2.45, 2.75) is 71.8 Å². The molecular weight excluding hydrogens is 382 g/mol. The molecule has 0 bridgehead atoms. The fraction of sp³-hybridized carbons (Fsp3) is 0.519. The van der Waals surface area contributed by atoms with Crippen LogP contribution in [-0.2, 0) is 6.42 Å². The lowest BCUT2D eigenvalue weighted by Crippen LogP contribution is -2.16. The first kappa shape index (κ1) is 23.3. The highest BCUT2D eigenvalue weighted by Gasteiger charge is 2.14. The summed E-state index contributed by atoms with van der Waals surface area (Å²) < 4.78 is 5.51. The zero-order valence-electron chi connectivity index (χ0n) is 19.7. The van der Waals surface area contributed by atoms with Crippen molar-refractivity contribution in [3.63, 3.8) is 0 Å². The van der Waals surface area contributed by atoms with Crippen molar-refractivity contribution in [2.75, 3.05) is 19.0 Å². The number of nitrogens with zero attached hydrogens (tertiary/aromatic N) is 1. The summed E-state index contributed by atoms with van der Waals surface area (Å²) in [6, 6.07) is 13.2. The number of anilines is 1. The minimum atomic E-state index is 0.395. The summed E-state index contributed by atoms with van der Waals surface area (Å²) >= 11 is 0. The highest BCUT2D eigenvalue weighted by molar-refractivity contribution is 6.08. The Morgan fingerprint density at radius 3 is 2.48 bits per heavy atom. The van der Waals surface area contributed by atoms with Crippen LogP contribution in [0.15, 0.2) is 36.4 Å². The second-order valence-corrected chi connectivity index (χ2v) is 8.77. The minimum absolute atomic E-state index is 0.395. The van der Waals surface area contributed by atoms with Gasteiger partial charge in [-0.1, -0.05) is 51.7 Å². The molecule has 1 heterocycles. The Morgan fingerprint density at radius 1 is 0.968 bits per heavy atom. The molecular formula is C27H39N3O. The van der Waals surface area contributed by atoms with Gasteiger partial charge in [-0.25, -0.2) is 4.98 Å². The normalized spacial score (nSPS) is 12.6. The lowest BCUT2D eigenvalue weighted by atomic mass is 9.95. The molecule has 31 heavy (non-hydrogen) atoms. The van der Waals surface area contributed by atoms with Gasteiger partial charge < -0.3 is 15.8 Å². The number of methoxy groups -OCH3 is 1. The van der Waals surface area contributed by atoms with Gasteiger partial charge in [-0.2, -0.15) is 0 Å². The Balaban J connectivity index is 1.93. The molecule has 168 valence electrons. The molecule has 3 aromatic rings. The van der Waals surface area contributed by atoms with Crippen molar-refractivity contribution in [3.8, 4) is 5.75 Å². The molecule has 0 saturated carbocycles. The van der Waals surface area contributed by atoms with Crippen LogP contribution in [0.25, 0.3) is 21.8 Å². The number of ether oxygens (including phenoxy) is 1. The van der Waals surface area contributed by atoms with Crippen molar-refractivity contribution in [1.29, 1.82) is 0 Å². The smallest absolute Gasteiger partial charge is 0.119 e. The molecule has 0 fully saturated rings. The Bertz CT molecular complexity index is 981. The molecule has 4 nitrogen and oxygen atoms in total. The number of nitrogens with one attached hydrogen (secondary N) is 1. The molecule has 3 rings (SSSR count). The van der Waals surface area contributed by atoms with Crippen LogP contribution < -0.4 is 15.8 Å². The van der Waals surface area contributed by atoms with Gasteiger partial charge in [0.25, 0.3) is 0 Å². The van der Waals surface area contributed by atoms with Gasteiger partial charge in [0.2, 0.25) is 0 Å². The first-order valence-corrected chi connectivity index (χ1v) is 12.0. The van der Waals surface area contributed by atoms with Crippen LogP contribution in [0.3, 0.4) is 0 Å². The number of hydrogen-bond donors (Lipinski definition) is 2. The third-order valence-corrected chi connectivity index (χ3v) is 6.51. The van der Waals surface area contributed by atoms with Crippen molar-refractivity contribution in [3.05, 3.63) is 42.0 Å². The van der Waals surface area contributed by atoms with E-state index in [2.05, 4.69) is 56.4 Å². The van der Waals surface area contributed by atoms with Gasteiger partial charge in [0.1, 0.15) is 5.75 Å². The van der Waals surface area contributed by atoms with Gasteiger partial charge in [-0.3, -0.25) is 0 Å². The van der Waals surface area contributed by atoms with Gasteiger partial charge in [0, 0.05) is 16.8 Å². The van der Waals surface area contributed by atoms with Crippen LogP contribution in [0.1, 0.15) is 64.9 Å². The lowest BCUT2D eigenvalue weighted by molar-refractivity contribution is 0.415. The number of pyridine rings is 1. The van der Waals surface area contributed by atoms with E-state index in [1.54, 1.807) is 7.11 Å². The molecule has 3 N–H and O–H groups in total. The third-order valence-electron chi connectivity index (χ3n) is 6.51. The van der Waals surface area contributed by atoms with Crippen molar-refractivity contribution in [2.24, 2.45) is 11.7 Å². The molecule has 1 aromatic heterocycles. The SMILES string of the molecule is CCC(CC)CCCC(C)Nc1c2ccc(CCCN)cc2nc2ccc(OC)cc12. The summed E-state index contributed by atoms with van der Waals surface area (Å²) in [4.78, 5) is 4.97. The second-order valence-electron chi connectivity index (χ2n) is 8.77. The second kappa shape index (κ2) is 11.3. The fourth-order valence-electron chi connectivity index (χ4n) is 4.44. The summed E-state index contributed by atoms with van der Waals surface area (Å²) in [5.74, 6) is 1.71. The average molecular weight is 422 g/mol. The Kier molecular flexibility index (Phi) is 8.53. The lowest BCUT2D eigenvalue weighted by Gasteiger charge is -2.20. The van der Waals surface area contributed by atoms with E-state index >= 15 is 0 Å². The van der Waals surface area contributed by atoms with Crippen LogP contribution in [0.2, 0.25) is 0 Å². The quantitative estimate of drug-likeness (QED) is 0.320. The number of fused-ring (bicyclic) bond motifs is 2. The van der Waals surface area contributed by atoms with Crippen molar-refractivity contribution < 1.29 is 4.74 Å². The standard InChI is InChI=1S/C27H39N3O/c1-5-20(6-2)10-7-9-19(3)29-27-23-14-12-21(11-8-16-28)17-26(23)30-25-15-13-22(31-4)18-24(25)27/h12-15,17-20H,5-11,16,28H2,1-4H3,(H,29,30). The van der Waals surface area contributed by atoms with Crippen LogP contribution in [0.5, 0.6) is 5.75 Å². The number of aryl methyl sites for hydroxylation is 1. The van der Waals surface area contributed by atoms with Gasteiger partial charge in [-0.15, -0.1) is 0 Å². The topological polar surface area (TPSA) is 60.2 Å². The van der Waals surface area contributed by atoms with Crippen LogP contribution in [0.4, 0.5) is 5.69 Å². The van der Waals surface area contributed by atoms with Crippen LogP contribution in [0, 0.1) is 5.92 Å². The first-order valence-electron chi connectivity index (χ1n) is 12.0. The average Bonchev–Trinajstić information content (AvgIpc) is 2.79. The molecule has 0 aliphatic carbocycles. The maximum atomic E-state index is 5.71. The number of benzene rings is 2. The van der Waals surface area contributed by atoms with Crippen molar-refractivity contribution in [1.82, 2.24) is 4.98 Å². The molecule has 4 heteroatoms. The summed E-state index contributed by atoms with van der Waals surface area (Å²) in [5, 5.41) is 6.13. The predicted octanol–water partition coefficient (Wildman–Crippen LogP) is 6.69. The predicted molar refractivity (Wildman–Crippen MR) is 134 cm³/mol. The molecule has 1 atom stereocenters. The number of aromatic nitrogens is 1. The molecule has 1 unspecified atom stereocenters. The summed E-state index contributed by atoms with van der Waals surface area (Å²) in [6.07, 6.45) is 8.29. The number of rotatable bonds is 12. The van der Waals surface area contributed by atoms with Crippen molar-refractivity contribution >= 4 is 27.5 Å². The van der Waals surface area contributed by atoms with E-state index in [0.29, 0.717) is 12.6 Å². The fourth-order valence-corrected chi connectivity index (χ4v) is 4.44.